The zero-order valence-electron chi connectivity index (χ0n) is 15.4. The van der Waals surface area contributed by atoms with Gasteiger partial charge in [0.2, 0.25) is 5.91 Å². The predicted molar refractivity (Wildman–Crippen MR) is 115 cm³/mol. The maximum absolute atomic E-state index is 12.2. The zero-order chi connectivity index (χ0) is 19.5. The zero-order valence-corrected chi connectivity index (χ0v) is 16.9. The standard InChI is InChI=1S/C21H22ClN3O2S/c22-16-3-1-15(2-4-16)19-7-5-17(27-19)6-8-20(26)24-21(28)23-18-13-25-11-9-14(18)10-12-25/h1-8,14,18H,9-13H2,(H2,23,24,26,28). The molecule has 1 aromatic carbocycles. The van der Waals surface area contributed by atoms with Gasteiger partial charge >= 0.3 is 0 Å². The van der Waals surface area contributed by atoms with Crippen LogP contribution in [0.2, 0.25) is 5.02 Å². The summed E-state index contributed by atoms with van der Waals surface area (Å²) in [6, 6.07) is 11.4. The average Bonchev–Trinajstić information content (AvgIpc) is 3.17. The average molecular weight is 416 g/mol. The Morgan fingerprint density at radius 3 is 2.61 bits per heavy atom. The van der Waals surface area contributed by atoms with E-state index in [9.17, 15) is 4.79 Å². The van der Waals surface area contributed by atoms with Crippen LogP contribution >= 0.6 is 23.8 Å². The summed E-state index contributed by atoms with van der Waals surface area (Å²) in [5.74, 6) is 1.68. The van der Waals surface area contributed by atoms with E-state index in [2.05, 4.69) is 15.5 Å². The smallest absolute Gasteiger partial charge is 0.250 e. The van der Waals surface area contributed by atoms with Gasteiger partial charge in [-0.05, 0) is 86.5 Å². The van der Waals surface area contributed by atoms with Crippen molar-refractivity contribution in [1.29, 1.82) is 0 Å². The van der Waals surface area contributed by atoms with E-state index in [1.165, 1.54) is 32.0 Å². The van der Waals surface area contributed by atoms with Crippen molar-refractivity contribution in [2.75, 3.05) is 19.6 Å². The summed E-state index contributed by atoms with van der Waals surface area (Å²) in [6.45, 7) is 3.34. The van der Waals surface area contributed by atoms with Crippen LogP contribution in [-0.4, -0.2) is 41.6 Å². The molecule has 4 heterocycles. The normalized spacial score (nSPS) is 23.7. The summed E-state index contributed by atoms with van der Waals surface area (Å²) in [5.41, 5.74) is 0.927. The Bertz CT molecular complexity index is 885. The molecule has 0 radical (unpaired) electrons. The first kappa shape index (κ1) is 19.2. The molecule has 0 saturated carbocycles. The Kier molecular flexibility index (Phi) is 5.80. The Morgan fingerprint density at radius 2 is 1.93 bits per heavy atom. The molecule has 1 atom stereocenters. The molecule has 1 amide bonds. The van der Waals surface area contributed by atoms with Crippen molar-refractivity contribution in [3.63, 3.8) is 0 Å². The summed E-state index contributed by atoms with van der Waals surface area (Å²) in [5, 5.41) is 7.08. The largest absolute Gasteiger partial charge is 0.457 e. The minimum absolute atomic E-state index is 0.275. The maximum Gasteiger partial charge on any atom is 0.250 e. The topological polar surface area (TPSA) is 57.5 Å². The van der Waals surface area contributed by atoms with E-state index in [4.69, 9.17) is 28.2 Å². The number of halogens is 1. The van der Waals surface area contributed by atoms with Crippen LogP contribution in [0, 0.1) is 5.92 Å². The third kappa shape index (κ3) is 4.63. The molecule has 5 nitrogen and oxygen atoms in total. The molecule has 146 valence electrons. The van der Waals surface area contributed by atoms with Crippen molar-refractivity contribution < 1.29 is 9.21 Å². The maximum atomic E-state index is 12.2. The highest BCUT2D eigenvalue weighted by Crippen LogP contribution is 2.27. The van der Waals surface area contributed by atoms with Gasteiger partial charge in [0.05, 0.1) is 0 Å². The fourth-order valence-electron chi connectivity index (χ4n) is 3.86. The van der Waals surface area contributed by atoms with Crippen LogP contribution in [-0.2, 0) is 4.79 Å². The van der Waals surface area contributed by atoms with Gasteiger partial charge in [-0.2, -0.15) is 0 Å². The van der Waals surface area contributed by atoms with Gasteiger partial charge < -0.3 is 14.6 Å². The van der Waals surface area contributed by atoms with Crippen LogP contribution in [0.3, 0.4) is 0 Å². The Hall–Kier alpha value is -2.15. The Labute approximate surface area is 174 Å². The molecule has 0 aliphatic carbocycles. The monoisotopic (exact) mass is 415 g/mol. The van der Waals surface area contributed by atoms with Gasteiger partial charge in [0, 0.05) is 29.2 Å². The number of fused-ring (bicyclic) bond motifs is 3. The third-order valence-electron chi connectivity index (χ3n) is 5.36. The van der Waals surface area contributed by atoms with E-state index >= 15 is 0 Å². The van der Waals surface area contributed by atoms with Crippen LogP contribution < -0.4 is 10.6 Å². The fraction of sp³-hybridized carbons (Fsp3) is 0.333. The van der Waals surface area contributed by atoms with Gasteiger partial charge in [-0.3, -0.25) is 10.1 Å². The number of carbonyl (C=O) groups is 1. The second kappa shape index (κ2) is 8.47. The molecular formula is C21H22ClN3O2S. The molecule has 1 aromatic heterocycles. The number of hydrogen-bond acceptors (Lipinski definition) is 4. The summed E-state index contributed by atoms with van der Waals surface area (Å²) in [6.07, 6.45) is 5.45. The number of benzene rings is 1. The van der Waals surface area contributed by atoms with Crippen molar-refractivity contribution in [3.05, 3.63) is 53.3 Å². The highest BCUT2D eigenvalue weighted by atomic mass is 35.5. The van der Waals surface area contributed by atoms with Crippen molar-refractivity contribution in [3.8, 4) is 11.3 Å². The predicted octanol–water partition coefficient (Wildman–Crippen LogP) is 3.70. The summed E-state index contributed by atoms with van der Waals surface area (Å²) >= 11 is 11.2. The molecule has 2 N–H and O–H groups in total. The second-order valence-corrected chi connectivity index (χ2v) is 8.09. The molecule has 7 heteroatoms. The first-order valence-corrected chi connectivity index (χ1v) is 10.2. The first-order chi connectivity index (χ1) is 13.6. The molecule has 5 rings (SSSR count). The summed E-state index contributed by atoms with van der Waals surface area (Å²) in [7, 11) is 0. The highest BCUT2D eigenvalue weighted by Gasteiger charge is 2.34. The highest BCUT2D eigenvalue weighted by molar-refractivity contribution is 7.80. The van der Waals surface area contributed by atoms with E-state index in [0.717, 1.165) is 17.9 Å². The number of nitrogens with one attached hydrogen (secondary N) is 2. The van der Waals surface area contributed by atoms with Gasteiger partial charge in [-0.1, -0.05) is 11.6 Å². The van der Waals surface area contributed by atoms with Crippen molar-refractivity contribution >= 4 is 40.9 Å². The van der Waals surface area contributed by atoms with Crippen molar-refractivity contribution in [1.82, 2.24) is 15.5 Å². The van der Waals surface area contributed by atoms with Gasteiger partial charge in [-0.15, -0.1) is 0 Å². The number of thiocarbonyl (C=S) groups is 1. The number of amides is 1. The number of piperidine rings is 3. The van der Waals surface area contributed by atoms with E-state index in [1.807, 2.05) is 36.4 Å². The first-order valence-electron chi connectivity index (χ1n) is 9.44. The SMILES string of the molecule is O=C(C=Cc1ccc(-c2ccc(Cl)cc2)o1)NC(=S)NC1CN2CCC1CC2. The minimum atomic E-state index is -0.275. The van der Waals surface area contributed by atoms with E-state index in [1.54, 1.807) is 6.08 Å². The molecule has 3 saturated heterocycles. The quantitative estimate of drug-likeness (QED) is 0.589. The van der Waals surface area contributed by atoms with Crippen molar-refractivity contribution in [2.24, 2.45) is 5.92 Å². The minimum Gasteiger partial charge on any atom is -0.457 e. The molecule has 2 aromatic rings. The molecule has 0 spiro atoms. The van der Waals surface area contributed by atoms with Crippen LogP contribution in [0.1, 0.15) is 18.6 Å². The second-order valence-electron chi connectivity index (χ2n) is 7.25. The lowest BCUT2D eigenvalue weighted by Gasteiger charge is -2.45. The Balaban J connectivity index is 1.29. The molecule has 28 heavy (non-hydrogen) atoms. The van der Waals surface area contributed by atoms with E-state index < -0.39 is 0 Å². The van der Waals surface area contributed by atoms with Gasteiger partial charge in [0.15, 0.2) is 5.11 Å². The molecule has 2 bridgehead atoms. The molecule has 3 aliphatic rings. The lowest BCUT2D eigenvalue weighted by molar-refractivity contribution is -0.115. The lowest BCUT2D eigenvalue weighted by atomic mass is 9.84. The third-order valence-corrected chi connectivity index (χ3v) is 5.84. The summed E-state index contributed by atoms with van der Waals surface area (Å²) in [4.78, 5) is 14.6. The van der Waals surface area contributed by atoms with Crippen LogP contribution in [0.15, 0.2) is 46.9 Å². The number of rotatable bonds is 4. The summed E-state index contributed by atoms with van der Waals surface area (Å²) < 4.78 is 5.76. The number of hydrogen-bond donors (Lipinski definition) is 2. The molecular weight excluding hydrogens is 394 g/mol. The van der Waals surface area contributed by atoms with Crippen LogP contribution in [0.5, 0.6) is 0 Å². The van der Waals surface area contributed by atoms with Crippen LogP contribution in [0.4, 0.5) is 0 Å². The number of furan rings is 1. The number of carbonyl (C=O) groups excluding carboxylic acids is 1. The van der Waals surface area contributed by atoms with E-state index in [0.29, 0.717) is 27.9 Å². The number of nitrogens with zero attached hydrogens (tertiary/aromatic N) is 1. The van der Waals surface area contributed by atoms with Crippen LogP contribution in [0.25, 0.3) is 17.4 Å². The van der Waals surface area contributed by atoms with Gasteiger partial charge in [-0.25, -0.2) is 0 Å². The Morgan fingerprint density at radius 1 is 1.18 bits per heavy atom. The van der Waals surface area contributed by atoms with Gasteiger partial charge in [0.25, 0.3) is 0 Å². The molecule has 3 aliphatic heterocycles. The van der Waals surface area contributed by atoms with Gasteiger partial charge in [0.1, 0.15) is 11.5 Å². The fourth-order valence-corrected chi connectivity index (χ4v) is 4.23. The molecule has 1 unspecified atom stereocenters. The van der Waals surface area contributed by atoms with Crippen molar-refractivity contribution in [2.45, 2.75) is 18.9 Å². The molecule has 3 fully saturated rings. The lowest BCUT2D eigenvalue weighted by Crippen LogP contribution is -2.58. The van der Waals surface area contributed by atoms with E-state index in [-0.39, 0.29) is 5.91 Å².